The van der Waals surface area contributed by atoms with E-state index in [9.17, 15) is 0 Å². The van der Waals surface area contributed by atoms with Gasteiger partial charge in [0.15, 0.2) is 0 Å². The molecule has 5 heteroatoms. The van der Waals surface area contributed by atoms with Gasteiger partial charge in [-0.05, 0) is 13.8 Å². The molecule has 0 spiro atoms. The highest BCUT2D eigenvalue weighted by atomic mass is 32.1. The second-order valence-corrected chi connectivity index (χ2v) is 4.18. The Balaban J connectivity index is 3.57. The largest absolute Gasteiger partial charge is 0.329 e. The van der Waals surface area contributed by atoms with Crippen LogP contribution in [-0.2, 0) is 0 Å². The van der Waals surface area contributed by atoms with Gasteiger partial charge in [-0.3, -0.25) is 0 Å². The summed E-state index contributed by atoms with van der Waals surface area (Å²) in [4.78, 5) is 0. The minimum Gasteiger partial charge on any atom is -0.329 e. The standard InChI is InChI=1S/C9H24N4S/c1-7(11)4-13-9(6-14)5-12-8(2)3-10/h7-9,12-14H,3-6,10-11H2,1-2H3/t7-,8-,9+/m1/s1. The van der Waals surface area contributed by atoms with Gasteiger partial charge in [0.05, 0.1) is 0 Å². The summed E-state index contributed by atoms with van der Waals surface area (Å²) < 4.78 is 0. The summed E-state index contributed by atoms with van der Waals surface area (Å²) in [5.41, 5.74) is 11.1. The molecule has 0 saturated heterocycles. The Morgan fingerprint density at radius 2 is 1.86 bits per heavy atom. The summed E-state index contributed by atoms with van der Waals surface area (Å²) in [6.45, 7) is 6.42. The lowest BCUT2D eigenvalue weighted by atomic mass is 10.2. The average molecular weight is 220 g/mol. The molecule has 6 N–H and O–H groups in total. The van der Waals surface area contributed by atoms with Crippen LogP contribution in [0.1, 0.15) is 13.8 Å². The molecule has 0 unspecified atom stereocenters. The molecule has 14 heavy (non-hydrogen) atoms. The third-order valence-corrected chi connectivity index (χ3v) is 2.46. The SMILES string of the molecule is C[C@H](CN)NC[C@@H](CS)NC[C@@H](C)N. The average Bonchev–Trinajstić information content (AvgIpc) is 2.17. The Morgan fingerprint density at radius 3 is 2.29 bits per heavy atom. The second-order valence-electron chi connectivity index (χ2n) is 3.81. The molecule has 0 amide bonds. The summed E-state index contributed by atoms with van der Waals surface area (Å²) in [5, 5.41) is 6.67. The van der Waals surface area contributed by atoms with Crippen LogP contribution in [0.15, 0.2) is 0 Å². The number of thiol groups is 1. The molecule has 0 saturated carbocycles. The Morgan fingerprint density at radius 1 is 1.21 bits per heavy atom. The normalized spacial score (nSPS) is 17.8. The smallest absolute Gasteiger partial charge is 0.0281 e. The molecule has 0 aliphatic heterocycles. The van der Waals surface area contributed by atoms with Crippen LogP contribution >= 0.6 is 12.6 Å². The fraction of sp³-hybridized carbons (Fsp3) is 1.00. The van der Waals surface area contributed by atoms with Gasteiger partial charge in [-0.25, -0.2) is 0 Å². The highest BCUT2D eigenvalue weighted by Gasteiger charge is 2.07. The van der Waals surface area contributed by atoms with Crippen molar-refractivity contribution in [2.24, 2.45) is 11.5 Å². The van der Waals surface area contributed by atoms with Crippen LogP contribution in [0.4, 0.5) is 0 Å². The van der Waals surface area contributed by atoms with Crippen molar-refractivity contribution in [3.63, 3.8) is 0 Å². The molecule has 0 rings (SSSR count). The first-order chi connectivity index (χ1) is 6.60. The fourth-order valence-electron chi connectivity index (χ4n) is 0.981. The first-order valence-corrected chi connectivity index (χ1v) is 5.76. The van der Waals surface area contributed by atoms with Crippen LogP contribution in [0.5, 0.6) is 0 Å². The first kappa shape index (κ1) is 14.2. The van der Waals surface area contributed by atoms with Gasteiger partial charge in [-0.15, -0.1) is 0 Å². The van der Waals surface area contributed by atoms with Gasteiger partial charge < -0.3 is 22.1 Å². The fourth-order valence-corrected chi connectivity index (χ4v) is 1.24. The zero-order valence-electron chi connectivity index (χ0n) is 9.16. The van der Waals surface area contributed by atoms with E-state index in [-0.39, 0.29) is 6.04 Å². The van der Waals surface area contributed by atoms with E-state index in [2.05, 4.69) is 30.2 Å². The maximum atomic E-state index is 5.65. The van der Waals surface area contributed by atoms with Crippen LogP contribution in [-0.4, -0.2) is 43.5 Å². The Labute approximate surface area is 92.6 Å². The molecule has 0 aliphatic carbocycles. The number of hydrogen-bond acceptors (Lipinski definition) is 5. The van der Waals surface area contributed by atoms with Crippen molar-refractivity contribution in [1.29, 1.82) is 0 Å². The summed E-state index contributed by atoms with van der Waals surface area (Å²) in [6.07, 6.45) is 0. The monoisotopic (exact) mass is 220 g/mol. The summed E-state index contributed by atoms with van der Waals surface area (Å²) in [7, 11) is 0. The molecular weight excluding hydrogens is 196 g/mol. The highest BCUT2D eigenvalue weighted by molar-refractivity contribution is 7.80. The Hall–Kier alpha value is 0.190. The van der Waals surface area contributed by atoms with Crippen molar-refractivity contribution in [3.8, 4) is 0 Å². The molecule has 0 heterocycles. The molecule has 3 atom stereocenters. The zero-order valence-corrected chi connectivity index (χ0v) is 10.1. The van der Waals surface area contributed by atoms with Gasteiger partial charge in [-0.2, -0.15) is 12.6 Å². The lowest BCUT2D eigenvalue weighted by Crippen LogP contribution is -2.47. The minimum absolute atomic E-state index is 0.185. The van der Waals surface area contributed by atoms with E-state index in [4.69, 9.17) is 11.5 Å². The van der Waals surface area contributed by atoms with E-state index in [0.29, 0.717) is 18.6 Å². The van der Waals surface area contributed by atoms with Gasteiger partial charge in [0, 0.05) is 43.5 Å². The molecule has 0 bridgehead atoms. The van der Waals surface area contributed by atoms with Crippen LogP contribution in [0.25, 0.3) is 0 Å². The Kier molecular flexibility index (Phi) is 8.61. The van der Waals surface area contributed by atoms with E-state index in [1.54, 1.807) is 0 Å². The number of rotatable bonds is 8. The summed E-state index contributed by atoms with van der Waals surface area (Å²) >= 11 is 4.28. The quantitative estimate of drug-likeness (QED) is 0.346. The lowest BCUT2D eigenvalue weighted by Gasteiger charge is -2.20. The maximum absolute atomic E-state index is 5.65. The van der Waals surface area contributed by atoms with E-state index in [1.807, 2.05) is 6.92 Å². The van der Waals surface area contributed by atoms with Gasteiger partial charge in [-0.1, -0.05) is 0 Å². The van der Waals surface area contributed by atoms with Crippen molar-refractivity contribution in [3.05, 3.63) is 0 Å². The minimum atomic E-state index is 0.185. The molecule has 0 radical (unpaired) electrons. The summed E-state index contributed by atoms with van der Waals surface area (Å²) in [5.74, 6) is 0.803. The van der Waals surface area contributed by atoms with Gasteiger partial charge >= 0.3 is 0 Å². The predicted octanol–water partition coefficient (Wildman–Crippen LogP) is -0.842. The second kappa shape index (κ2) is 8.49. The Bertz CT molecular complexity index is 132. The molecule has 4 nitrogen and oxygen atoms in total. The number of nitrogens with one attached hydrogen (secondary N) is 2. The highest BCUT2D eigenvalue weighted by Crippen LogP contribution is 1.88. The molecule has 0 aliphatic rings. The molecular formula is C9H24N4S. The molecule has 86 valence electrons. The van der Waals surface area contributed by atoms with E-state index >= 15 is 0 Å². The van der Waals surface area contributed by atoms with E-state index < -0.39 is 0 Å². The van der Waals surface area contributed by atoms with Gasteiger partial charge in [0.1, 0.15) is 0 Å². The van der Waals surface area contributed by atoms with Crippen LogP contribution < -0.4 is 22.1 Å². The van der Waals surface area contributed by atoms with Crippen molar-refractivity contribution >= 4 is 12.6 Å². The van der Waals surface area contributed by atoms with Crippen molar-refractivity contribution in [2.45, 2.75) is 32.0 Å². The van der Waals surface area contributed by atoms with Crippen LogP contribution in [0.3, 0.4) is 0 Å². The molecule has 0 fully saturated rings. The first-order valence-electron chi connectivity index (χ1n) is 5.13. The summed E-state index contributed by atoms with van der Waals surface area (Å²) in [6, 6.07) is 0.900. The topological polar surface area (TPSA) is 76.1 Å². The lowest BCUT2D eigenvalue weighted by molar-refractivity contribution is 0.458. The van der Waals surface area contributed by atoms with Gasteiger partial charge in [0.25, 0.3) is 0 Å². The van der Waals surface area contributed by atoms with Crippen molar-refractivity contribution in [1.82, 2.24) is 10.6 Å². The van der Waals surface area contributed by atoms with Crippen LogP contribution in [0.2, 0.25) is 0 Å². The molecule has 0 aromatic rings. The van der Waals surface area contributed by atoms with E-state index in [0.717, 1.165) is 18.8 Å². The maximum Gasteiger partial charge on any atom is 0.0281 e. The van der Waals surface area contributed by atoms with E-state index in [1.165, 1.54) is 0 Å². The van der Waals surface area contributed by atoms with Crippen molar-refractivity contribution < 1.29 is 0 Å². The predicted molar refractivity (Wildman–Crippen MR) is 65.8 cm³/mol. The zero-order chi connectivity index (χ0) is 11.0. The number of hydrogen-bond donors (Lipinski definition) is 5. The number of nitrogens with two attached hydrogens (primary N) is 2. The molecule has 0 aromatic carbocycles. The third-order valence-electron chi connectivity index (χ3n) is 2.02. The molecule has 0 aromatic heterocycles. The van der Waals surface area contributed by atoms with Gasteiger partial charge in [0.2, 0.25) is 0 Å². The van der Waals surface area contributed by atoms with Crippen LogP contribution in [0, 0.1) is 0 Å². The van der Waals surface area contributed by atoms with Crippen molar-refractivity contribution in [2.75, 3.05) is 25.4 Å². The third kappa shape index (κ3) is 7.58.